The van der Waals surface area contributed by atoms with Crippen molar-refractivity contribution in [2.24, 2.45) is 0 Å². The van der Waals surface area contributed by atoms with Gasteiger partial charge in [-0.15, -0.1) is 0 Å². The third kappa shape index (κ3) is 1.86. The van der Waals surface area contributed by atoms with Crippen LogP contribution < -0.4 is 0 Å². The van der Waals surface area contributed by atoms with Crippen LogP contribution in [0.25, 0.3) is 27.5 Å². The molecule has 0 aliphatic carbocycles. The van der Waals surface area contributed by atoms with E-state index in [0.717, 1.165) is 27.5 Å². The Hall–Kier alpha value is -2.53. The fourth-order valence-corrected chi connectivity index (χ4v) is 2.91. The summed E-state index contributed by atoms with van der Waals surface area (Å²) in [6.07, 6.45) is 3.55. The molecule has 0 unspecified atom stereocenters. The summed E-state index contributed by atoms with van der Waals surface area (Å²) >= 11 is 5.41. The van der Waals surface area contributed by atoms with Crippen molar-refractivity contribution in [1.82, 2.24) is 14.5 Å². The molecule has 2 heterocycles. The Morgan fingerprint density at radius 3 is 2.95 bits per heavy atom. The fourth-order valence-electron chi connectivity index (χ4n) is 2.61. The van der Waals surface area contributed by atoms with Gasteiger partial charge >= 0.3 is 0 Å². The molecule has 0 bridgehead atoms. The zero-order chi connectivity index (χ0) is 14.4. The number of benzene rings is 2. The molecule has 0 saturated carbocycles. The predicted octanol–water partition coefficient (Wildman–Crippen LogP) is 4.38. The molecule has 2 aromatic carbocycles. The van der Waals surface area contributed by atoms with Crippen molar-refractivity contribution in [3.8, 4) is 5.69 Å². The highest BCUT2D eigenvalue weighted by Gasteiger charge is 2.10. The number of aromatic amines is 1. The van der Waals surface area contributed by atoms with Crippen LogP contribution in [0.1, 0.15) is 0 Å². The summed E-state index contributed by atoms with van der Waals surface area (Å²) in [6.45, 7) is 0. The number of nitrogens with zero attached hydrogens (tertiary/aromatic N) is 2. The molecule has 5 heteroatoms. The van der Waals surface area contributed by atoms with E-state index in [-0.39, 0.29) is 5.82 Å². The number of hydrogen-bond donors (Lipinski definition) is 1. The third-order valence-corrected chi connectivity index (χ3v) is 3.83. The first-order chi connectivity index (χ1) is 10.2. The maximum atomic E-state index is 13.6. The van der Waals surface area contributed by atoms with E-state index in [1.54, 1.807) is 18.5 Å². The van der Waals surface area contributed by atoms with Crippen LogP contribution in [0.15, 0.2) is 54.9 Å². The second-order valence-electron chi connectivity index (χ2n) is 4.80. The minimum absolute atomic E-state index is 0.288. The third-order valence-electron chi connectivity index (χ3n) is 3.55. The molecule has 102 valence electrons. The molecule has 4 aromatic rings. The van der Waals surface area contributed by atoms with E-state index in [9.17, 15) is 4.39 Å². The maximum Gasteiger partial charge on any atom is 0.182 e. The molecule has 0 fully saturated rings. The zero-order valence-electron chi connectivity index (χ0n) is 10.9. The van der Waals surface area contributed by atoms with Crippen LogP contribution in [0.5, 0.6) is 0 Å². The summed E-state index contributed by atoms with van der Waals surface area (Å²) in [5.74, 6) is -0.288. The van der Waals surface area contributed by atoms with E-state index in [0.29, 0.717) is 4.77 Å². The van der Waals surface area contributed by atoms with Gasteiger partial charge in [0, 0.05) is 23.8 Å². The Kier molecular flexibility index (Phi) is 2.62. The number of pyridine rings is 1. The number of H-pyrrole nitrogens is 1. The van der Waals surface area contributed by atoms with Crippen LogP contribution >= 0.6 is 12.2 Å². The predicted molar refractivity (Wildman–Crippen MR) is 83.7 cm³/mol. The van der Waals surface area contributed by atoms with Gasteiger partial charge in [-0.3, -0.25) is 9.55 Å². The molecule has 21 heavy (non-hydrogen) atoms. The van der Waals surface area contributed by atoms with Crippen molar-refractivity contribution in [1.29, 1.82) is 0 Å². The Bertz CT molecular complexity index is 1030. The van der Waals surface area contributed by atoms with Crippen molar-refractivity contribution < 1.29 is 4.39 Å². The highest BCUT2D eigenvalue weighted by molar-refractivity contribution is 7.71. The Morgan fingerprint density at radius 2 is 2.05 bits per heavy atom. The van der Waals surface area contributed by atoms with Gasteiger partial charge in [0.05, 0.1) is 16.7 Å². The average Bonchev–Trinajstić information content (AvgIpc) is 2.82. The molecule has 2 aromatic heterocycles. The Labute approximate surface area is 124 Å². The van der Waals surface area contributed by atoms with E-state index in [1.165, 1.54) is 12.1 Å². The molecule has 0 spiro atoms. The SMILES string of the molecule is Fc1ccc2[nH]c(=S)n(-c3cccc4ccncc34)c2c1. The molecule has 0 aliphatic heterocycles. The summed E-state index contributed by atoms with van der Waals surface area (Å²) in [4.78, 5) is 7.29. The number of nitrogens with one attached hydrogen (secondary N) is 1. The molecule has 4 rings (SSSR count). The number of halogens is 1. The first-order valence-electron chi connectivity index (χ1n) is 6.47. The lowest BCUT2D eigenvalue weighted by Crippen LogP contribution is -1.96. The van der Waals surface area contributed by atoms with Crippen LogP contribution in [-0.4, -0.2) is 14.5 Å². The van der Waals surface area contributed by atoms with E-state index in [4.69, 9.17) is 12.2 Å². The molecule has 0 amide bonds. The van der Waals surface area contributed by atoms with Gasteiger partial charge in [0.1, 0.15) is 5.82 Å². The number of hydrogen-bond acceptors (Lipinski definition) is 2. The zero-order valence-corrected chi connectivity index (χ0v) is 11.7. The normalized spacial score (nSPS) is 11.3. The summed E-state index contributed by atoms with van der Waals surface area (Å²) in [6, 6.07) is 12.5. The standard InChI is InChI=1S/C16H10FN3S/c17-11-4-5-13-15(8-11)20(16(21)19-13)14-3-1-2-10-6-7-18-9-12(10)14/h1-9H,(H,19,21). The van der Waals surface area contributed by atoms with E-state index in [1.807, 2.05) is 28.8 Å². The lowest BCUT2D eigenvalue weighted by atomic mass is 10.1. The van der Waals surface area contributed by atoms with Gasteiger partial charge in [-0.2, -0.15) is 0 Å². The van der Waals surface area contributed by atoms with Gasteiger partial charge in [0.25, 0.3) is 0 Å². The molecule has 1 N–H and O–H groups in total. The van der Waals surface area contributed by atoms with Crippen molar-refractivity contribution in [2.75, 3.05) is 0 Å². The van der Waals surface area contributed by atoms with Crippen molar-refractivity contribution >= 4 is 34.0 Å². The topological polar surface area (TPSA) is 33.6 Å². The van der Waals surface area contributed by atoms with E-state index < -0.39 is 0 Å². The second-order valence-corrected chi connectivity index (χ2v) is 5.19. The molecule has 0 saturated heterocycles. The summed E-state index contributed by atoms with van der Waals surface area (Å²) in [7, 11) is 0. The van der Waals surface area contributed by atoms with E-state index in [2.05, 4.69) is 9.97 Å². The summed E-state index contributed by atoms with van der Waals surface area (Å²) < 4.78 is 16.0. The Morgan fingerprint density at radius 1 is 1.14 bits per heavy atom. The van der Waals surface area contributed by atoms with Gasteiger partial charge in [0.15, 0.2) is 4.77 Å². The Balaban J connectivity index is 2.16. The van der Waals surface area contributed by atoms with Crippen molar-refractivity contribution in [3.05, 3.63) is 65.4 Å². The minimum Gasteiger partial charge on any atom is -0.330 e. The monoisotopic (exact) mass is 295 g/mol. The highest BCUT2D eigenvalue weighted by Crippen LogP contribution is 2.26. The average molecular weight is 295 g/mol. The lowest BCUT2D eigenvalue weighted by Gasteiger charge is -2.08. The van der Waals surface area contributed by atoms with Crippen LogP contribution in [0.4, 0.5) is 4.39 Å². The van der Waals surface area contributed by atoms with Crippen molar-refractivity contribution in [3.63, 3.8) is 0 Å². The highest BCUT2D eigenvalue weighted by atomic mass is 32.1. The quantitative estimate of drug-likeness (QED) is 0.529. The fraction of sp³-hybridized carbons (Fsp3) is 0. The molecular formula is C16H10FN3S. The van der Waals surface area contributed by atoms with E-state index >= 15 is 0 Å². The minimum atomic E-state index is -0.288. The van der Waals surface area contributed by atoms with Crippen molar-refractivity contribution in [2.45, 2.75) is 0 Å². The van der Waals surface area contributed by atoms with Crippen LogP contribution in [0.3, 0.4) is 0 Å². The number of rotatable bonds is 1. The first kappa shape index (κ1) is 12.2. The number of fused-ring (bicyclic) bond motifs is 2. The molecular weight excluding hydrogens is 285 g/mol. The van der Waals surface area contributed by atoms with Crippen LogP contribution in [-0.2, 0) is 0 Å². The van der Waals surface area contributed by atoms with Crippen LogP contribution in [0.2, 0.25) is 0 Å². The largest absolute Gasteiger partial charge is 0.330 e. The van der Waals surface area contributed by atoms with Gasteiger partial charge in [-0.05, 0) is 41.9 Å². The van der Waals surface area contributed by atoms with Gasteiger partial charge in [-0.25, -0.2) is 4.39 Å². The molecule has 0 aliphatic rings. The second kappa shape index (κ2) is 4.49. The number of imidazole rings is 1. The molecule has 0 radical (unpaired) electrons. The maximum absolute atomic E-state index is 13.6. The van der Waals surface area contributed by atoms with Gasteiger partial charge < -0.3 is 4.98 Å². The summed E-state index contributed by atoms with van der Waals surface area (Å²) in [5.41, 5.74) is 2.42. The first-order valence-corrected chi connectivity index (χ1v) is 6.88. The molecule has 3 nitrogen and oxygen atoms in total. The van der Waals surface area contributed by atoms with Gasteiger partial charge in [-0.1, -0.05) is 12.1 Å². The van der Waals surface area contributed by atoms with Crippen LogP contribution in [0, 0.1) is 10.6 Å². The number of aromatic nitrogens is 3. The summed E-state index contributed by atoms with van der Waals surface area (Å²) in [5, 5.41) is 2.04. The lowest BCUT2D eigenvalue weighted by molar-refractivity contribution is 0.629. The smallest absolute Gasteiger partial charge is 0.182 e. The van der Waals surface area contributed by atoms with Gasteiger partial charge in [0.2, 0.25) is 0 Å². The molecule has 0 atom stereocenters.